The van der Waals surface area contributed by atoms with Crippen LogP contribution in [0.4, 0.5) is 0 Å². The highest BCUT2D eigenvalue weighted by Crippen LogP contribution is 2.26. The van der Waals surface area contributed by atoms with Crippen molar-refractivity contribution in [3.05, 3.63) is 0 Å². The van der Waals surface area contributed by atoms with Gasteiger partial charge < -0.3 is 10.1 Å². The summed E-state index contributed by atoms with van der Waals surface area (Å²) in [6.45, 7) is 4.14. The van der Waals surface area contributed by atoms with Crippen LogP contribution in [-0.4, -0.2) is 26.3 Å². The van der Waals surface area contributed by atoms with E-state index < -0.39 is 0 Å². The Kier molecular flexibility index (Phi) is 5.40. The maximum atomic E-state index is 5.02. The summed E-state index contributed by atoms with van der Waals surface area (Å²) in [5, 5.41) is 3.53. The molecule has 78 valence electrons. The van der Waals surface area contributed by atoms with Crippen LogP contribution in [0.2, 0.25) is 0 Å². The lowest BCUT2D eigenvalue weighted by atomic mass is 9.84. The van der Waals surface area contributed by atoms with Crippen LogP contribution in [-0.2, 0) is 4.74 Å². The van der Waals surface area contributed by atoms with E-state index in [1.807, 2.05) is 0 Å². The Morgan fingerprint density at radius 1 is 1.31 bits per heavy atom. The van der Waals surface area contributed by atoms with Crippen LogP contribution in [0.1, 0.15) is 39.0 Å². The Hall–Kier alpha value is -0.0800. The third-order valence-corrected chi connectivity index (χ3v) is 3.13. The van der Waals surface area contributed by atoms with Crippen LogP contribution in [0.25, 0.3) is 0 Å². The molecule has 1 fully saturated rings. The molecule has 1 saturated carbocycles. The number of nitrogens with one attached hydrogen (secondary N) is 1. The van der Waals surface area contributed by atoms with Crippen molar-refractivity contribution in [3.8, 4) is 0 Å². The number of rotatable bonds is 5. The van der Waals surface area contributed by atoms with Crippen molar-refractivity contribution in [2.24, 2.45) is 5.92 Å². The van der Waals surface area contributed by atoms with Gasteiger partial charge in [0.25, 0.3) is 0 Å². The van der Waals surface area contributed by atoms with Gasteiger partial charge in [-0.15, -0.1) is 0 Å². The number of hydrogen-bond donors (Lipinski definition) is 1. The fraction of sp³-hybridized carbons (Fsp3) is 1.00. The molecule has 1 aliphatic carbocycles. The minimum absolute atomic E-state index is 0.676. The van der Waals surface area contributed by atoms with Gasteiger partial charge in [0.05, 0.1) is 6.61 Å². The zero-order chi connectivity index (χ0) is 9.52. The summed E-state index contributed by atoms with van der Waals surface area (Å²) < 4.78 is 5.02. The first-order valence-corrected chi connectivity index (χ1v) is 5.57. The highest BCUT2D eigenvalue weighted by Gasteiger charge is 2.18. The lowest BCUT2D eigenvalue weighted by Crippen LogP contribution is -2.36. The number of hydrogen-bond acceptors (Lipinski definition) is 2. The molecule has 0 aromatic carbocycles. The molecule has 0 spiro atoms. The summed E-state index contributed by atoms with van der Waals surface area (Å²) in [6, 6.07) is 0.676. The molecular weight excluding hydrogens is 162 g/mol. The van der Waals surface area contributed by atoms with Crippen LogP contribution in [0.3, 0.4) is 0 Å². The lowest BCUT2D eigenvalue weighted by Gasteiger charge is -2.28. The number of ether oxygens (including phenoxy) is 1. The van der Waals surface area contributed by atoms with Crippen LogP contribution >= 0.6 is 0 Å². The summed E-state index contributed by atoms with van der Waals surface area (Å²) in [5.41, 5.74) is 0. The SMILES string of the molecule is COCCNC(C)C1CCCCC1. The van der Waals surface area contributed by atoms with Gasteiger partial charge in [0.1, 0.15) is 0 Å². The van der Waals surface area contributed by atoms with Gasteiger partial charge in [0.15, 0.2) is 0 Å². The van der Waals surface area contributed by atoms with E-state index in [0.717, 1.165) is 19.1 Å². The van der Waals surface area contributed by atoms with E-state index in [2.05, 4.69) is 12.2 Å². The highest BCUT2D eigenvalue weighted by molar-refractivity contribution is 4.75. The molecule has 0 saturated heterocycles. The highest BCUT2D eigenvalue weighted by atomic mass is 16.5. The van der Waals surface area contributed by atoms with Gasteiger partial charge in [-0.25, -0.2) is 0 Å². The second-order valence-corrected chi connectivity index (χ2v) is 4.13. The van der Waals surface area contributed by atoms with Crippen molar-refractivity contribution in [2.75, 3.05) is 20.3 Å². The maximum Gasteiger partial charge on any atom is 0.0587 e. The minimum Gasteiger partial charge on any atom is -0.383 e. The third-order valence-electron chi connectivity index (χ3n) is 3.13. The van der Waals surface area contributed by atoms with Crippen LogP contribution in [0.5, 0.6) is 0 Å². The van der Waals surface area contributed by atoms with Crippen molar-refractivity contribution in [1.29, 1.82) is 0 Å². The molecule has 1 unspecified atom stereocenters. The largest absolute Gasteiger partial charge is 0.383 e. The fourth-order valence-corrected chi connectivity index (χ4v) is 2.19. The van der Waals surface area contributed by atoms with Crippen LogP contribution < -0.4 is 5.32 Å². The van der Waals surface area contributed by atoms with Crippen LogP contribution in [0.15, 0.2) is 0 Å². The topological polar surface area (TPSA) is 21.3 Å². The predicted molar refractivity (Wildman–Crippen MR) is 55.9 cm³/mol. The molecule has 2 nitrogen and oxygen atoms in total. The van der Waals surface area contributed by atoms with E-state index in [4.69, 9.17) is 4.74 Å². The molecule has 0 aromatic rings. The summed E-state index contributed by atoms with van der Waals surface area (Å²) in [5.74, 6) is 0.908. The Bertz CT molecular complexity index is 121. The molecular formula is C11H23NO. The monoisotopic (exact) mass is 185 g/mol. The van der Waals surface area contributed by atoms with Gasteiger partial charge >= 0.3 is 0 Å². The zero-order valence-electron chi connectivity index (χ0n) is 9.01. The predicted octanol–water partition coefficient (Wildman–Crippen LogP) is 2.19. The van der Waals surface area contributed by atoms with E-state index in [1.165, 1.54) is 32.1 Å². The van der Waals surface area contributed by atoms with Crippen molar-refractivity contribution < 1.29 is 4.74 Å². The first kappa shape index (κ1) is 11.0. The molecule has 1 rings (SSSR count). The normalized spacial score (nSPS) is 21.7. The molecule has 0 amide bonds. The average molecular weight is 185 g/mol. The van der Waals surface area contributed by atoms with Gasteiger partial charge in [-0.2, -0.15) is 0 Å². The third kappa shape index (κ3) is 4.10. The minimum atomic E-state index is 0.676. The zero-order valence-corrected chi connectivity index (χ0v) is 9.01. The van der Waals surface area contributed by atoms with Crippen molar-refractivity contribution in [3.63, 3.8) is 0 Å². The quantitative estimate of drug-likeness (QED) is 0.663. The second-order valence-electron chi connectivity index (χ2n) is 4.13. The van der Waals surface area contributed by atoms with Gasteiger partial charge in [-0.05, 0) is 25.7 Å². The molecule has 1 aliphatic rings. The van der Waals surface area contributed by atoms with Gasteiger partial charge in [-0.3, -0.25) is 0 Å². The van der Waals surface area contributed by atoms with E-state index in [0.29, 0.717) is 6.04 Å². The summed E-state index contributed by atoms with van der Waals surface area (Å²) in [7, 11) is 1.76. The molecule has 0 bridgehead atoms. The molecule has 1 atom stereocenters. The Balaban J connectivity index is 2.09. The van der Waals surface area contributed by atoms with E-state index in [-0.39, 0.29) is 0 Å². The summed E-state index contributed by atoms with van der Waals surface area (Å²) in [4.78, 5) is 0. The molecule has 2 heteroatoms. The van der Waals surface area contributed by atoms with Crippen molar-refractivity contribution in [1.82, 2.24) is 5.32 Å². The van der Waals surface area contributed by atoms with Crippen molar-refractivity contribution in [2.45, 2.75) is 45.1 Å². The molecule has 0 aliphatic heterocycles. The smallest absolute Gasteiger partial charge is 0.0587 e. The molecule has 13 heavy (non-hydrogen) atoms. The molecule has 0 aromatic heterocycles. The fourth-order valence-electron chi connectivity index (χ4n) is 2.19. The standard InChI is InChI=1S/C11H23NO/c1-10(12-8-9-13-2)11-6-4-3-5-7-11/h10-12H,3-9H2,1-2H3. The first-order valence-electron chi connectivity index (χ1n) is 5.57. The second kappa shape index (κ2) is 6.39. The van der Waals surface area contributed by atoms with Gasteiger partial charge in [0.2, 0.25) is 0 Å². The van der Waals surface area contributed by atoms with E-state index >= 15 is 0 Å². The average Bonchev–Trinajstić information content (AvgIpc) is 2.19. The van der Waals surface area contributed by atoms with E-state index in [9.17, 15) is 0 Å². The molecule has 0 heterocycles. The Labute approximate surface area is 82.0 Å². The summed E-state index contributed by atoms with van der Waals surface area (Å²) in [6.07, 6.45) is 7.14. The first-order chi connectivity index (χ1) is 6.34. The lowest BCUT2D eigenvalue weighted by molar-refractivity contribution is 0.187. The van der Waals surface area contributed by atoms with E-state index in [1.54, 1.807) is 7.11 Å². The Morgan fingerprint density at radius 3 is 2.62 bits per heavy atom. The maximum absolute atomic E-state index is 5.02. The summed E-state index contributed by atoms with van der Waals surface area (Å²) >= 11 is 0. The molecule has 0 radical (unpaired) electrons. The van der Waals surface area contributed by atoms with Crippen molar-refractivity contribution >= 4 is 0 Å². The van der Waals surface area contributed by atoms with Gasteiger partial charge in [-0.1, -0.05) is 19.3 Å². The Morgan fingerprint density at radius 2 is 2.00 bits per heavy atom. The van der Waals surface area contributed by atoms with Crippen LogP contribution in [0, 0.1) is 5.92 Å². The molecule has 1 N–H and O–H groups in total. The number of methoxy groups -OCH3 is 1. The van der Waals surface area contributed by atoms with Gasteiger partial charge in [0, 0.05) is 19.7 Å².